The first-order chi connectivity index (χ1) is 32.5. The molecule has 21 heteroatoms. The van der Waals surface area contributed by atoms with Gasteiger partial charge in [-0.2, -0.15) is 0 Å². The highest BCUT2D eigenvalue weighted by Gasteiger charge is 2.80. The molecule has 4 heterocycles. The van der Waals surface area contributed by atoms with Crippen LogP contribution in [0.4, 0.5) is 0 Å². The van der Waals surface area contributed by atoms with Gasteiger partial charge in [0, 0.05) is 40.1 Å². The van der Waals surface area contributed by atoms with Crippen LogP contribution in [0.15, 0.2) is 11.6 Å². The van der Waals surface area contributed by atoms with Crippen LogP contribution in [0.5, 0.6) is 0 Å². The zero-order chi connectivity index (χ0) is 50.3. The molecule has 4 aliphatic heterocycles. The molecule has 3 saturated carbocycles. The summed E-state index contributed by atoms with van der Waals surface area (Å²) in [6, 6.07) is 0. The van der Waals surface area contributed by atoms with E-state index in [1.807, 2.05) is 13.0 Å². The van der Waals surface area contributed by atoms with Gasteiger partial charge in [-0.05, 0) is 78.1 Å². The predicted octanol–water partition coefficient (Wildman–Crippen LogP) is -0.977. The summed E-state index contributed by atoms with van der Waals surface area (Å²) in [6.45, 7) is 9.84. The highest BCUT2D eigenvalue weighted by Crippen LogP contribution is 2.70. The Bertz CT molecular complexity index is 1790. The summed E-state index contributed by atoms with van der Waals surface area (Å²) in [7, 11) is 4.50. The SMILES string of the molecule is CO[C@H]1[C@@H](O)[C@H](O[C@@H]2[C@@H](C)O[C@@H](O[C@H]3[C@@H](OC)C[C@H](O[C@H]4CC[C@@]5(C)C(=CC[C@]6(O)[C@@H]5C[C@@H](O)[C@@]5(C)[C@]6(O)CC[C@@]5(O)[C@@H](C)O)C4)O[C@@H]3C)C[C@H]2OC)O[C@H](C)[C@H]1O[C@@H]1O[C@H](CO)[C@@H](O)[C@H](O)[C@H]1O. The Labute approximate surface area is 403 Å². The molecule has 4 aliphatic carbocycles. The van der Waals surface area contributed by atoms with Crippen LogP contribution >= 0.6 is 0 Å². The Kier molecular flexibility index (Phi) is 15.9. The summed E-state index contributed by atoms with van der Waals surface area (Å²) in [5.41, 5.74) is -6.24. The van der Waals surface area contributed by atoms with Crippen molar-refractivity contribution in [2.24, 2.45) is 16.7 Å². The lowest BCUT2D eigenvalue weighted by Crippen LogP contribution is -2.78. The van der Waals surface area contributed by atoms with Crippen LogP contribution in [0.2, 0.25) is 0 Å². The molecule has 8 aliphatic rings. The number of aliphatic hydroxyl groups is 10. The van der Waals surface area contributed by atoms with Crippen molar-refractivity contribution in [3.8, 4) is 0 Å². The minimum atomic E-state index is -1.83. The molecule has 0 aromatic carbocycles. The molecule has 27 atom stereocenters. The molecule has 7 fully saturated rings. The molecule has 0 spiro atoms. The molecule has 0 bridgehead atoms. The number of rotatable bonds is 13. The molecular formula is C48H80O21. The van der Waals surface area contributed by atoms with Gasteiger partial charge in [-0.15, -0.1) is 0 Å². The fourth-order valence-electron chi connectivity index (χ4n) is 13.9. The van der Waals surface area contributed by atoms with Crippen molar-refractivity contribution >= 4 is 0 Å². The Morgan fingerprint density at radius 3 is 1.84 bits per heavy atom. The predicted molar refractivity (Wildman–Crippen MR) is 237 cm³/mol. The van der Waals surface area contributed by atoms with Gasteiger partial charge in [-0.3, -0.25) is 0 Å². The van der Waals surface area contributed by atoms with Crippen molar-refractivity contribution in [2.75, 3.05) is 27.9 Å². The third-order valence-electron chi connectivity index (χ3n) is 18.3. The maximum atomic E-state index is 12.6. The summed E-state index contributed by atoms with van der Waals surface area (Å²) < 4.78 is 67.6. The van der Waals surface area contributed by atoms with Crippen molar-refractivity contribution in [2.45, 2.75) is 245 Å². The molecule has 10 N–H and O–H groups in total. The molecule has 69 heavy (non-hydrogen) atoms. The minimum absolute atomic E-state index is 0.0481. The third-order valence-corrected chi connectivity index (χ3v) is 18.3. The average molecular weight is 993 g/mol. The summed E-state index contributed by atoms with van der Waals surface area (Å²) in [5.74, 6) is -0.496. The number of fused-ring (bicyclic) bond motifs is 5. The van der Waals surface area contributed by atoms with Crippen molar-refractivity contribution in [1.82, 2.24) is 0 Å². The number of hydrogen-bond acceptors (Lipinski definition) is 21. The molecule has 0 radical (unpaired) electrons. The van der Waals surface area contributed by atoms with Gasteiger partial charge >= 0.3 is 0 Å². The van der Waals surface area contributed by atoms with Crippen LogP contribution in [0, 0.1) is 16.7 Å². The van der Waals surface area contributed by atoms with Gasteiger partial charge in [-0.1, -0.05) is 25.5 Å². The van der Waals surface area contributed by atoms with E-state index in [1.54, 1.807) is 27.9 Å². The first-order valence-electron chi connectivity index (χ1n) is 24.8. The van der Waals surface area contributed by atoms with Gasteiger partial charge in [-0.25, -0.2) is 0 Å². The van der Waals surface area contributed by atoms with Gasteiger partial charge in [0.05, 0.1) is 60.9 Å². The van der Waals surface area contributed by atoms with Gasteiger partial charge < -0.3 is 103 Å². The Morgan fingerprint density at radius 1 is 0.667 bits per heavy atom. The largest absolute Gasteiger partial charge is 0.394 e. The maximum absolute atomic E-state index is 12.6. The Hall–Kier alpha value is -1.10. The summed E-state index contributed by atoms with van der Waals surface area (Å²) in [4.78, 5) is 0. The first kappa shape index (κ1) is 54.2. The second-order valence-electron chi connectivity index (χ2n) is 21.7. The lowest BCUT2D eigenvalue weighted by molar-refractivity contribution is -0.373. The molecular weight excluding hydrogens is 913 g/mol. The summed E-state index contributed by atoms with van der Waals surface area (Å²) in [5, 5.41) is 111. The monoisotopic (exact) mass is 993 g/mol. The van der Waals surface area contributed by atoms with Crippen LogP contribution in [0.3, 0.4) is 0 Å². The average Bonchev–Trinajstić information content (AvgIpc) is 3.55. The fraction of sp³-hybridized carbons (Fsp3) is 0.958. The van der Waals surface area contributed by atoms with E-state index in [2.05, 4.69) is 6.92 Å². The van der Waals surface area contributed by atoms with Crippen molar-refractivity contribution in [1.29, 1.82) is 0 Å². The van der Waals surface area contributed by atoms with Gasteiger partial charge in [0.1, 0.15) is 71.7 Å². The molecule has 0 aromatic heterocycles. The van der Waals surface area contributed by atoms with Crippen LogP contribution in [0.1, 0.15) is 99.3 Å². The van der Waals surface area contributed by atoms with E-state index in [4.69, 9.17) is 52.1 Å². The summed E-state index contributed by atoms with van der Waals surface area (Å²) >= 11 is 0. The minimum Gasteiger partial charge on any atom is -0.394 e. The molecule has 0 amide bonds. The Morgan fingerprint density at radius 2 is 1.25 bits per heavy atom. The maximum Gasteiger partial charge on any atom is 0.187 e. The number of ether oxygens (including phenoxy) is 11. The Balaban J connectivity index is 0.859. The van der Waals surface area contributed by atoms with E-state index in [0.29, 0.717) is 25.7 Å². The number of hydrogen-bond donors (Lipinski definition) is 10. The van der Waals surface area contributed by atoms with Crippen molar-refractivity contribution < 1.29 is 103 Å². The van der Waals surface area contributed by atoms with Crippen LogP contribution < -0.4 is 0 Å². The lowest BCUT2D eigenvalue weighted by Gasteiger charge is -2.67. The zero-order valence-electron chi connectivity index (χ0n) is 41.3. The molecule has 0 aromatic rings. The van der Waals surface area contributed by atoms with Crippen LogP contribution in [-0.4, -0.2) is 225 Å². The molecule has 0 unspecified atom stereocenters. The molecule has 398 valence electrons. The summed E-state index contributed by atoms with van der Waals surface area (Å²) in [6.07, 6.45) is -15.7. The zero-order valence-corrected chi connectivity index (χ0v) is 41.3. The standard InChI is InChI=1S/C48H80O21/c1-21-38(67-33-18-28(60-8)39(22(2)63-33)68-43-37(55)41(61-9)40(23(3)64-43)69-42-36(54)35(53)34(52)29(20-49)66-42)27(59-7)17-32(62-21)65-26-11-12-44(5)25(16-26)10-13-47(57)30(44)19-31(51)45(6)46(56,24(4)50)14-15-48(45,47)58/h10,21-24,26-43,49-58H,11-20H2,1-9H3/t21-,22-,23-,24-,26+,27+,28-,29-,30-,31-,32+,33+,34-,35+,36-,37-,38-,39-,40-,41+,42+,43+,44+,45-,46-,47+,48-/m1/s1. The molecule has 21 nitrogen and oxygen atoms in total. The van der Waals surface area contributed by atoms with E-state index in [1.165, 1.54) is 21.1 Å². The van der Waals surface area contributed by atoms with Crippen molar-refractivity contribution in [3.63, 3.8) is 0 Å². The van der Waals surface area contributed by atoms with E-state index in [9.17, 15) is 51.1 Å². The topological polar surface area (TPSA) is 304 Å². The van der Waals surface area contributed by atoms with Crippen LogP contribution in [0.25, 0.3) is 0 Å². The van der Waals surface area contributed by atoms with E-state index >= 15 is 0 Å². The molecule has 4 saturated heterocycles. The van der Waals surface area contributed by atoms with Gasteiger partial charge in [0.2, 0.25) is 0 Å². The smallest absolute Gasteiger partial charge is 0.187 e. The van der Waals surface area contributed by atoms with Gasteiger partial charge in [0.25, 0.3) is 0 Å². The highest BCUT2D eigenvalue weighted by atomic mass is 16.8. The third kappa shape index (κ3) is 8.80. The van der Waals surface area contributed by atoms with Gasteiger partial charge in [0.15, 0.2) is 25.2 Å². The van der Waals surface area contributed by atoms with E-state index in [0.717, 1.165) is 5.57 Å². The number of methoxy groups -OCH3 is 3. The first-order valence-corrected chi connectivity index (χ1v) is 24.8. The molecule has 8 rings (SSSR count). The highest BCUT2D eigenvalue weighted by molar-refractivity contribution is 5.36. The van der Waals surface area contributed by atoms with E-state index in [-0.39, 0.29) is 38.2 Å². The fourth-order valence-corrected chi connectivity index (χ4v) is 13.9. The van der Waals surface area contributed by atoms with Crippen LogP contribution in [-0.2, 0) is 52.1 Å². The number of aliphatic hydroxyl groups excluding tert-OH is 7. The lowest BCUT2D eigenvalue weighted by atomic mass is 9.42. The normalized spacial score (nSPS) is 55.1. The second-order valence-corrected chi connectivity index (χ2v) is 21.7. The van der Waals surface area contributed by atoms with Crippen molar-refractivity contribution in [3.05, 3.63) is 11.6 Å². The quantitative estimate of drug-likeness (QED) is 0.0993. The second kappa shape index (κ2) is 20.2. The van der Waals surface area contributed by atoms with E-state index < -0.39 is 163 Å².